The van der Waals surface area contributed by atoms with Crippen molar-refractivity contribution in [2.24, 2.45) is 0 Å². The molecule has 1 N–H and O–H groups in total. The monoisotopic (exact) mass is 363 g/mol. The molecule has 0 bridgehead atoms. The number of halogens is 1. The Morgan fingerprint density at radius 3 is 2.48 bits per heavy atom. The second kappa shape index (κ2) is 6.76. The van der Waals surface area contributed by atoms with Crippen LogP contribution in [-0.4, -0.2) is 29.2 Å². The maximum Gasteiger partial charge on any atom is 0.204 e. The number of benzene rings is 2. The summed E-state index contributed by atoms with van der Waals surface area (Å²) in [5.41, 5.74) is 2.04. The van der Waals surface area contributed by atoms with Crippen molar-refractivity contribution in [3.05, 3.63) is 58.8 Å². The van der Waals surface area contributed by atoms with E-state index in [0.717, 1.165) is 17.0 Å². The largest absolute Gasteiger partial charge is 0.493 e. The second-order valence-electron chi connectivity index (χ2n) is 5.55. The van der Waals surface area contributed by atoms with E-state index in [1.54, 1.807) is 13.2 Å². The first-order chi connectivity index (χ1) is 12.0. The van der Waals surface area contributed by atoms with Crippen LogP contribution < -0.4 is 14.8 Å². The molecule has 0 unspecified atom stereocenters. The van der Waals surface area contributed by atoms with Crippen LogP contribution in [0.4, 0.5) is 4.39 Å². The van der Waals surface area contributed by atoms with E-state index in [4.69, 9.17) is 9.47 Å². The predicted octanol–water partition coefficient (Wildman–Crippen LogP) is 2.76. The summed E-state index contributed by atoms with van der Waals surface area (Å²) in [5.74, 6) is 0.307. The summed E-state index contributed by atoms with van der Waals surface area (Å²) < 4.78 is 49.7. The highest BCUT2D eigenvalue weighted by molar-refractivity contribution is 7.94. The molecule has 0 radical (unpaired) electrons. The van der Waals surface area contributed by atoms with Crippen molar-refractivity contribution in [3.8, 4) is 11.5 Å². The van der Waals surface area contributed by atoms with Gasteiger partial charge in [-0.05, 0) is 36.2 Å². The maximum atomic E-state index is 13.9. The zero-order valence-electron chi connectivity index (χ0n) is 13.9. The van der Waals surface area contributed by atoms with Crippen molar-refractivity contribution in [2.75, 3.05) is 20.8 Å². The summed E-state index contributed by atoms with van der Waals surface area (Å²) >= 11 is 0. The molecule has 2 aromatic carbocycles. The highest BCUT2D eigenvalue weighted by Crippen LogP contribution is 2.35. The Bertz CT molecular complexity index is 938. The normalized spacial score (nSPS) is 15.4. The predicted molar refractivity (Wildman–Crippen MR) is 92.8 cm³/mol. The quantitative estimate of drug-likeness (QED) is 0.905. The average molecular weight is 363 g/mol. The van der Waals surface area contributed by atoms with Crippen molar-refractivity contribution < 1.29 is 22.3 Å². The van der Waals surface area contributed by atoms with Gasteiger partial charge in [-0.1, -0.05) is 12.1 Å². The van der Waals surface area contributed by atoms with Gasteiger partial charge in [0.25, 0.3) is 0 Å². The van der Waals surface area contributed by atoms with Crippen LogP contribution in [0.2, 0.25) is 0 Å². The molecule has 0 aliphatic carbocycles. The molecule has 0 saturated heterocycles. The summed E-state index contributed by atoms with van der Waals surface area (Å²) in [6, 6.07) is 8.88. The van der Waals surface area contributed by atoms with Crippen LogP contribution in [0.15, 0.2) is 46.7 Å². The molecule has 1 aliphatic rings. The molecule has 5 nitrogen and oxygen atoms in total. The standard InChI is InChI=1S/C18H18FNO4S/c1-23-16-9-12-7-8-20-15(13(12)10-17(16)24-2)11-25(21,22)18-6-4-3-5-14(18)19/h3-6,9-11,20H,7-8H2,1-2H3/b15-11-. The molecular formula is C18H18FNO4S. The van der Waals surface area contributed by atoms with E-state index in [-0.39, 0.29) is 4.90 Å². The molecule has 0 amide bonds. The topological polar surface area (TPSA) is 64.6 Å². The smallest absolute Gasteiger partial charge is 0.204 e. The number of nitrogens with one attached hydrogen (secondary N) is 1. The number of sulfone groups is 1. The first-order valence-electron chi connectivity index (χ1n) is 7.66. The summed E-state index contributed by atoms with van der Waals surface area (Å²) in [6.45, 7) is 0.571. The summed E-state index contributed by atoms with van der Waals surface area (Å²) in [6.07, 6.45) is 0.715. The molecule has 0 aromatic heterocycles. The van der Waals surface area contributed by atoms with Gasteiger partial charge in [-0.15, -0.1) is 0 Å². The molecule has 2 aromatic rings. The van der Waals surface area contributed by atoms with E-state index >= 15 is 0 Å². The molecule has 3 rings (SSSR count). The molecule has 1 heterocycles. The summed E-state index contributed by atoms with van der Waals surface area (Å²) in [7, 11) is -0.880. The molecule has 0 atom stereocenters. The van der Waals surface area contributed by atoms with Crippen molar-refractivity contribution in [3.63, 3.8) is 0 Å². The van der Waals surface area contributed by atoms with Crippen LogP contribution >= 0.6 is 0 Å². The van der Waals surface area contributed by atoms with E-state index in [9.17, 15) is 12.8 Å². The number of hydrogen-bond donors (Lipinski definition) is 1. The number of ether oxygens (including phenoxy) is 2. The third-order valence-corrected chi connectivity index (χ3v) is 5.52. The molecule has 1 aliphatic heterocycles. The minimum absolute atomic E-state index is 0.350. The second-order valence-corrected chi connectivity index (χ2v) is 7.31. The highest BCUT2D eigenvalue weighted by atomic mass is 32.2. The van der Waals surface area contributed by atoms with Crippen molar-refractivity contribution >= 4 is 15.5 Å². The lowest BCUT2D eigenvalue weighted by molar-refractivity contribution is 0.354. The highest BCUT2D eigenvalue weighted by Gasteiger charge is 2.22. The van der Waals surface area contributed by atoms with Gasteiger partial charge in [0.1, 0.15) is 10.7 Å². The fourth-order valence-electron chi connectivity index (χ4n) is 2.80. The lowest BCUT2D eigenvalue weighted by atomic mass is 9.98. The van der Waals surface area contributed by atoms with E-state index in [0.29, 0.717) is 35.7 Å². The van der Waals surface area contributed by atoms with E-state index in [1.807, 2.05) is 6.07 Å². The molecule has 0 fully saturated rings. The maximum absolute atomic E-state index is 13.9. The molecular weight excluding hydrogens is 345 g/mol. The van der Waals surface area contributed by atoms with Gasteiger partial charge in [-0.2, -0.15) is 0 Å². The minimum atomic E-state index is -3.94. The van der Waals surface area contributed by atoms with Crippen molar-refractivity contribution in [1.82, 2.24) is 5.32 Å². The Kier molecular flexibility index (Phi) is 4.67. The number of fused-ring (bicyclic) bond motifs is 1. The summed E-state index contributed by atoms with van der Waals surface area (Å²) in [5, 5.41) is 4.14. The van der Waals surface area contributed by atoms with Crippen molar-refractivity contribution in [1.29, 1.82) is 0 Å². The van der Waals surface area contributed by atoms with Crippen LogP contribution in [-0.2, 0) is 16.3 Å². The zero-order valence-corrected chi connectivity index (χ0v) is 14.7. The minimum Gasteiger partial charge on any atom is -0.493 e. The van der Waals surface area contributed by atoms with E-state index < -0.39 is 15.7 Å². The van der Waals surface area contributed by atoms with Gasteiger partial charge in [0.15, 0.2) is 11.5 Å². The third-order valence-electron chi connectivity index (χ3n) is 4.03. The Balaban J connectivity index is 2.12. The van der Waals surface area contributed by atoms with E-state index in [2.05, 4.69) is 5.32 Å². The van der Waals surface area contributed by atoms with Gasteiger partial charge in [-0.3, -0.25) is 0 Å². The van der Waals surface area contributed by atoms with Crippen LogP contribution in [0.5, 0.6) is 11.5 Å². The van der Waals surface area contributed by atoms with Gasteiger partial charge in [0.05, 0.1) is 25.3 Å². The van der Waals surface area contributed by atoms with Crippen LogP contribution in [0.3, 0.4) is 0 Å². The Labute approximate surface area is 146 Å². The van der Waals surface area contributed by atoms with Crippen LogP contribution in [0.25, 0.3) is 5.70 Å². The van der Waals surface area contributed by atoms with Gasteiger partial charge >= 0.3 is 0 Å². The van der Waals surface area contributed by atoms with Crippen LogP contribution in [0, 0.1) is 5.82 Å². The first-order valence-corrected chi connectivity index (χ1v) is 9.21. The first kappa shape index (κ1) is 17.3. The molecule has 0 spiro atoms. The van der Waals surface area contributed by atoms with Gasteiger partial charge in [0.2, 0.25) is 9.84 Å². The van der Waals surface area contributed by atoms with Gasteiger partial charge in [0, 0.05) is 12.1 Å². The molecule has 132 valence electrons. The number of methoxy groups -OCH3 is 2. The number of hydrogen-bond acceptors (Lipinski definition) is 5. The van der Waals surface area contributed by atoms with Gasteiger partial charge in [-0.25, -0.2) is 12.8 Å². The molecule has 25 heavy (non-hydrogen) atoms. The fraction of sp³-hybridized carbons (Fsp3) is 0.222. The summed E-state index contributed by atoms with van der Waals surface area (Å²) in [4.78, 5) is -0.350. The fourth-order valence-corrected chi connectivity index (χ4v) is 4.06. The Morgan fingerprint density at radius 2 is 1.80 bits per heavy atom. The number of rotatable bonds is 4. The van der Waals surface area contributed by atoms with Gasteiger partial charge < -0.3 is 14.8 Å². The zero-order chi connectivity index (χ0) is 18.0. The van der Waals surface area contributed by atoms with E-state index in [1.165, 1.54) is 25.3 Å². The Hall–Kier alpha value is -2.54. The average Bonchev–Trinajstić information content (AvgIpc) is 2.60. The molecule has 7 heteroatoms. The lowest BCUT2D eigenvalue weighted by Gasteiger charge is -2.23. The van der Waals surface area contributed by atoms with Crippen LogP contribution in [0.1, 0.15) is 11.1 Å². The van der Waals surface area contributed by atoms with Crippen molar-refractivity contribution in [2.45, 2.75) is 11.3 Å². The SMILES string of the molecule is COc1cc2c(cc1OC)/C(=C/S(=O)(=O)c1ccccc1F)NCC2. The Morgan fingerprint density at radius 1 is 1.12 bits per heavy atom. The third kappa shape index (κ3) is 3.32. The lowest BCUT2D eigenvalue weighted by Crippen LogP contribution is -2.23. The molecule has 0 saturated carbocycles.